The van der Waals surface area contributed by atoms with Gasteiger partial charge in [-0.2, -0.15) is 0 Å². The zero-order chi connectivity index (χ0) is 35.5. The highest BCUT2D eigenvalue weighted by Gasteiger charge is 2.70. The van der Waals surface area contributed by atoms with Crippen LogP contribution in [0.1, 0.15) is 42.7 Å². The molecule has 2 N–H and O–H groups in total. The smallest absolute Gasteiger partial charge is 0.303 e. The van der Waals surface area contributed by atoms with E-state index in [2.05, 4.69) is 0 Å². The van der Waals surface area contributed by atoms with Crippen LogP contribution in [0.15, 0.2) is 78.4 Å². The number of imide groups is 2. The summed E-state index contributed by atoms with van der Waals surface area (Å²) in [5.74, 6) is -6.82. The second-order valence-electron chi connectivity index (χ2n) is 13.2. The Morgan fingerprint density at radius 1 is 0.940 bits per heavy atom. The van der Waals surface area contributed by atoms with Crippen LogP contribution in [-0.4, -0.2) is 65.5 Å². The van der Waals surface area contributed by atoms with E-state index in [0.29, 0.717) is 21.9 Å². The Morgan fingerprint density at radius 3 is 2.38 bits per heavy atom. The van der Waals surface area contributed by atoms with Gasteiger partial charge < -0.3 is 19.7 Å². The zero-order valence-electron chi connectivity index (χ0n) is 27.4. The maximum atomic E-state index is 15.4. The van der Waals surface area contributed by atoms with Crippen molar-refractivity contribution in [2.75, 3.05) is 25.7 Å². The Bertz CT molecular complexity index is 1960. The lowest BCUT2D eigenvalue weighted by atomic mass is 9.49. The summed E-state index contributed by atoms with van der Waals surface area (Å²) in [6.07, 6.45) is 2.04. The summed E-state index contributed by atoms with van der Waals surface area (Å²) >= 11 is 6.37. The molecule has 7 rings (SSSR count). The van der Waals surface area contributed by atoms with Crippen molar-refractivity contribution in [2.24, 2.45) is 23.7 Å². The van der Waals surface area contributed by atoms with Crippen molar-refractivity contribution >= 4 is 46.9 Å². The molecule has 0 radical (unpaired) electrons. The summed E-state index contributed by atoms with van der Waals surface area (Å²) in [7, 11) is 2.88. The zero-order valence-corrected chi connectivity index (χ0v) is 28.1. The molecule has 3 aromatic rings. The molecule has 12 heteroatoms. The first-order chi connectivity index (χ1) is 24.0. The van der Waals surface area contributed by atoms with E-state index in [9.17, 15) is 29.4 Å². The summed E-state index contributed by atoms with van der Waals surface area (Å²) in [5, 5.41) is 21.3. The first-order valence-electron chi connectivity index (χ1n) is 16.5. The van der Waals surface area contributed by atoms with Crippen LogP contribution in [0.4, 0.5) is 5.69 Å². The molecule has 4 aliphatic rings. The van der Waals surface area contributed by atoms with Crippen molar-refractivity contribution in [1.82, 2.24) is 4.90 Å². The van der Waals surface area contributed by atoms with Crippen LogP contribution in [0, 0.1) is 23.7 Å². The number of carboxylic acid groups (broad SMARTS) is 1. The number of phenols is 1. The fourth-order valence-corrected chi connectivity index (χ4v) is 9.08. The summed E-state index contributed by atoms with van der Waals surface area (Å²) in [5.41, 5.74) is 0.116. The lowest BCUT2D eigenvalue weighted by Gasteiger charge is -2.51. The van der Waals surface area contributed by atoms with Crippen molar-refractivity contribution in [1.29, 1.82) is 0 Å². The van der Waals surface area contributed by atoms with Gasteiger partial charge in [-0.15, -0.1) is 0 Å². The molecule has 2 heterocycles. The van der Waals surface area contributed by atoms with Crippen LogP contribution < -0.4 is 14.4 Å². The molecule has 1 saturated carbocycles. The van der Waals surface area contributed by atoms with Crippen LogP contribution in [0.3, 0.4) is 0 Å². The van der Waals surface area contributed by atoms with Crippen molar-refractivity contribution in [2.45, 2.75) is 37.0 Å². The predicted molar refractivity (Wildman–Crippen MR) is 181 cm³/mol. The number of phenolic OH excluding ortho intramolecular Hbond substituents is 1. The second kappa shape index (κ2) is 12.6. The minimum absolute atomic E-state index is 0.0348. The number of ether oxygens (including phenoxy) is 2. The summed E-state index contributed by atoms with van der Waals surface area (Å²) in [6, 6.07) is 18.5. The average molecular weight is 699 g/mol. The standard InChI is InChI=1S/C38H35ClN2O9/c1-49-23-17-28(42)32(29(18-23)50-2)33-24-13-14-25-31(36(47)40(34(25)45)15-7-12-30(43)44)26(24)19-27-35(46)41(22-11-6-10-21(39)16-22)37(48)38(27,33)20-8-4-3-5-9-20/h3-6,8-11,13,16-18,25-27,31,33,42H,7,12,14-15,19H2,1-2H3,(H,43,44)/t25-,26+,27-,31-,33+,38+/m0/s1. The number of likely N-dealkylation sites (tertiary alicyclic amines) is 1. The first kappa shape index (κ1) is 33.3. The minimum Gasteiger partial charge on any atom is -0.507 e. The van der Waals surface area contributed by atoms with Gasteiger partial charge in [0, 0.05) is 41.6 Å². The Kier molecular flexibility index (Phi) is 8.42. The highest BCUT2D eigenvalue weighted by Crippen LogP contribution is 2.66. The Balaban J connectivity index is 1.47. The van der Waals surface area contributed by atoms with E-state index in [1.165, 1.54) is 20.3 Å². The monoisotopic (exact) mass is 698 g/mol. The number of fused-ring (bicyclic) bond motifs is 4. The van der Waals surface area contributed by atoms with Crippen LogP contribution in [-0.2, 0) is 29.4 Å². The third-order valence-electron chi connectivity index (χ3n) is 10.9. The molecule has 6 atom stereocenters. The summed E-state index contributed by atoms with van der Waals surface area (Å²) in [6.45, 7) is -0.0348. The quantitative estimate of drug-likeness (QED) is 0.230. The summed E-state index contributed by atoms with van der Waals surface area (Å²) in [4.78, 5) is 71.6. The molecule has 4 amide bonds. The predicted octanol–water partition coefficient (Wildman–Crippen LogP) is 5.09. The van der Waals surface area contributed by atoms with Gasteiger partial charge in [0.25, 0.3) is 0 Å². The van der Waals surface area contributed by atoms with Crippen molar-refractivity contribution in [3.8, 4) is 17.2 Å². The van der Waals surface area contributed by atoms with Gasteiger partial charge in [0.05, 0.1) is 43.1 Å². The van der Waals surface area contributed by atoms with E-state index in [4.69, 9.17) is 21.1 Å². The number of halogens is 1. The fourth-order valence-electron chi connectivity index (χ4n) is 8.90. The molecular weight excluding hydrogens is 664 g/mol. The SMILES string of the molecule is COc1cc(O)c([C@H]2C3=CC[C@@H]4C(=O)N(CCCC(=O)O)C(=O)[C@@H]4[C@@H]3C[C@H]3C(=O)N(c4cccc(Cl)c4)C(=O)[C@@]23c2ccccc2)c(OC)c1. The van der Waals surface area contributed by atoms with E-state index in [-0.39, 0.29) is 60.9 Å². The molecule has 0 aromatic heterocycles. The molecule has 2 aliphatic carbocycles. The van der Waals surface area contributed by atoms with Gasteiger partial charge in [-0.05, 0) is 48.9 Å². The van der Waals surface area contributed by atoms with E-state index in [1.54, 1.807) is 54.6 Å². The van der Waals surface area contributed by atoms with E-state index < -0.39 is 58.7 Å². The topological polar surface area (TPSA) is 151 Å². The van der Waals surface area contributed by atoms with Gasteiger partial charge in [-0.3, -0.25) is 28.9 Å². The number of hydrogen-bond acceptors (Lipinski definition) is 8. The highest BCUT2D eigenvalue weighted by molar-refractivity contribution is 6.32. The Hall–Kier alpha value is -5.16. The first-order valence-corrected chi connectivity index (χ1v) is 16.8. The number of hydrogen-bond donors (Lipinski definition) is 2. The maximum Gasteiger partial charge on any atom is 0.303 e. The minimum atomic E-state index is -1.61. The molecule has 0 bridgehead atoms. The molecule has 50 heavy (non-hydrogen) atoms. The van der Waals surface area contributed by atoms with Gasteiger partial charge in [0.1, 0.15) is 17.2 Å². The third kappa shape index (κ3) is 4.89. The summed E-state index contributed by atoms with van der Waals surface area (Å²) < 4.78 is 11.3. The Labute approximate surface area is 293 Å². The lowest BCUT2D eigenvalue weighted by Crippen LogP contribution is -2.53. The molecule has 258 valence electrons. The number of aliphatic carboxylic acids is 1. The number of benzene rings is 3. The van der Waals surface area contributed by atoms with E-state index >= 15 is 4.79 Å². The number of carboxylic acids is 1. The average Bonchev–Trinajstić information content (AvgIpc) is 3.48. The molecule has 3 aromatic carbocycles. The Morgan fingerprint density at radius 2 is 1.70 bits per heavy atom. The van der Waals surface area contributed by atoms with Crippen molar-refractivity contribution in [3.05, 3.63) is 94.5 Å². The molecule has 3 fully saturated rings. The molecule has 11 nitrogen and oxygen atoms in total. The highest BCUT2D eigenvalue weighted by atomic mass is 35.5. The number of nitrogens with zero attached hydrogens (tertiary/aromatic N) is 2. The maximum absolute atomic E-state index is 15.4. The van der Waals surface area contributed by atoms with E-state index in [1.807, 2.05) is 12.1 Å². The second-order valence-corrected chi connectivity index (χ2v) is 13.6. The van der Waals surface area contributed by atoms with Crippen molar-refractivity contribution < 1.29 is 43.7 Å². The molecule has 0 unspecified atom stereocenters. The molecule has 2 aliphatic heterocycles. The number of carbonyl (C=O) groups is 5. The largest absolute Gasteiger partial charge is 0.507 e. The number of allylic oxidation sites excluding steroid dienone is 2. The van der Waals surface area contributed by atoms with Gasteiger partial charge >= 0.3 is 5.97 Å². The molecule has 2 saturated heterocycles. The number of amides is 4. The van der Waals surface area contributed by atoms with Crippen LogP contribution in [0.25, 0.3) is 0 Å². The number of aromatic hydroxyl groups is 1. The van der Waals surface area contributed by atoms with Crippen LogP contribution in [0.5, 0.6) is 17.2 Å². The van der Waals surface area contributed by atoms with Gasteiger partial charge in [0.15, 0.2) is 0 Å². The van der Waals surface area contributed by atoms with Gasteiger partial charge in [-0.1, -0.05) is 59.6 Å². The van der Waals surface area contributed by atoms with Gasteiger partial charge in [-0.25, -0.2) is 4.90 Å². The van der Waals surface area contributed by atoms with Crippen molar-refractivity contribution in [3.63, 3.8) is 0 Å². The molecular formula is C38H35ClN2O9. The fraction of sp³-hybridized carbons (Fsp3) is 0.342. The number of carbonyl (C=O) groups excluding carboxylic acids is 4. The number of methoxy groups -OCH3 is 2. The van der Waals surface area contributed by atoms with Crippen LogP contribution >= 0.6 is 11.6 Å². The van der Waals surface area contributed by atoms with E-state index in [0.717, 1.165) is 9.80 Å². The number of anilines is 1. The van der Waals surface area contributed by atoms with Crippen LogP contribution in [0.2, 0.25) is 5.02 Å². The third-order valence-corrected chi connectivity index (χ3v) is 11.1. The lowest BCUT2D eigenvalue weighted by molar-refractivity contribution is -0.142. The molecule has 0 spiro atoms. The van der Waals surface area contributed by atoms with Gasteiger partial charge in [0.2, 0.25) is 23.6 Å². The number of rotatable bonds is 9. The normalized spacial score (nSPS) is 27.1.